The molecule has 2 spiro atoms. The van der Waals surface area contributed by atoms with Crippen molar-refractivity contribution in [1.29, 1.82) is 0 Å². The Morgan fingerprint density at radius 3 is 2.60 bits per heavy atom. The summed E-state index contributed by atoms with van der Waals surface area (Å²) in [6, 6.07) is 6.55. The van der Waals surface area contributed by atoms with E-state index in [1.54, 1.807) is 18.2 Å². The number of fused-ring (bicyclic) bond motifs is 3. The van der Waals surface area contributed by atoms with Gasteiger partial charge in [-0.3, -0.25) is 13.6 Å². The monoisotopic (exact) mass is 455 g/mol. The van der Waals surface area contributed by atoms with Crippen LogP contribution in [0.5, 0.6) is 0 Å². The van der Waals surface area contributed by atoms with Crippen molar-refractivity contribution < 1.29 is 18.0 Å². The van der Waals surface area contributed by atoms with Crippen LogP contribution in [0.1, 0.15) is 29.9 Å². The summed E-state index contributed by atoms with van der Waals surface area (Å²) in [5, 5.41) is 6.38. The fraction of sp³-hybridized carbons (Fsp3) is 0.429. The highest BCUT2D eigenvalue weighted by atomic mass is 35.5. The van der Waals surface area contributed by atoms with E-state index in [9.17, 15) is 13.6 Å². The van der Waals surface area contributed by atoms with Crippen LogP contribution in [0.25, 0.3) is 0 Å². The topological polar surface area (TPSA) is 54.0 Å². The van der Waals surface area contributed by atoms with E-state index in [1.807, 2.05) is 0 Å². The number of hydrogen-bond acceptors (Lipinski definition) is 3. The minimum Gasteiger partial charge on any atom is -0.325 e. The van der Waals surface area contributed by atoms with Crippen LogP contribution in [0.15, 0.2) is 30.5 Å². The van der Waals surface area contributed by atoms with Crippen LogP contribution in [0.4, 0.5) is 18.9 Å². The van der Waals surface area contributed by atoms with Crippen LogP contribution >= 0.6 is 23.2 Å². The molecule has 9 heteroatoms. The predicted molar refractivity (Wildman–Crippen MR) is 108 cm³/mol. The Morgan fingerprint density at radius 1 is 1.17 bits per heavy atom. The molecule has 5 rings (SSSR count). The molecule has 0 radical (unpaired) electrons. The van der Waals surface area contributed by atoms with Crippen molar-refractivity contribution >= 4 is 34.8 Å². The van der Waals surface area contributed by atoms with Gasteiger partial charge in [0.25, 0.3) is 0 Å². The van der Waals surface area contributed by atoms with E-state index in [2.05, 4.69) is 15.6 Å². The van der Waals surface area contributed by atoms with E-state index >= 15 is 4.39 Å². The fourth-order valence-electron chi connectivity index (χ4n) is 5.95. The average Bonchev–Trinajstić information content (AvgIpc) is 3.19. The first-order valence-corrected chi connectivity index (χ1v) is 10.4. The minimum atomic E-state index is -1.26. The van der Waals surface area contributed by atoms with Gasteiger partial charge in [0.2, 0.25) is 5.91 Å². The largest absolute Gasteiger partial charge is 0.325 e. The molecule has 3 aliphatic rings. The maximum absolute atomic E-state index is 15.0. The van der Waals surface area contributed by atoms with Crippen molar-refractivity contribution in [3.63, 3.8) is 0 Å². The summed E-state index contributed by atoms with van der Waals surface area (Å²) < 4.78 is 42.5. The van der Waals surface area contributed by atoms with E-state index in [-0.39, 0.29) is 36.0 Å². The second-order valence-electron chi connectivity index (χ2n) is 8.59. The molecular formula is C21H18Cl2F3N3O. The zero-order valence-electron chi connectivity index (χ0n) is 15.7. The molecule has 30 heavy (non-hydrogen) atoms. The third-order valence-corrected chi connectivity index (χ3v) is 7.61. The van der Waals surface area contributed by atoms with Crippen molar-refractivity contribution in [2.45, 2.75) is 29.7 Å². The molecule has 1 saturated heterocycles. The van der Waals surface area contributed by atoms with Crippen molar-refractivity contribution in [2.75, 3.05) is 25.2 Å². The molecule has 1 aromatic carbocycles. The lowest BCUT2D eigenvalue weighted by atomic mass is 9.46. The van der Waals surface area contributed by atoms with E-state index < -0.39 is 41.5 Å². The lowest BCUT2D eigenvalue weighted by molar-refractivity contribution is -0.131. The molecule has 2 atom stereocenters. The first-order chi connectivity index (χ1) is 14.3. The average molecular weight is 456 g/mol. The van der Waals surface area contributed by atoms with E-state index in [4.69, 9.17) is 23.2 Å². The molecule has 3 heterocycles. The van der Waals surface area contributed by atoms with Gasteiger partial charge in [0.15, 0.2) is 11.0 Å². The van der Waals surface area contributed by atoms with Crippen molar-refractivity contribution in [1.82, 2.24) is 10.3 Å². The molecule has 4 nitrogen and oxygen atoms in total. The Balaban J connectivity index is 1.74. The van der Waals surface area contributed by atoms with Crippen LogP contribution in [-0.4, -0.2) is 36.3 Å². The number of hydrogen-bond donors (Lipinski definition) is 2. The molecule has 1 amide bonds. The number of nitrogens with one attached hydrogen (secondary N) is 2. The second-order valence-corrected chi connectivity index (χ2v) is 9.39. The van der Waals surface area contributed by atoms with Gasteiger partial charge in [-0.1, -0.05) is 29.3 Å². The number of amides is 1. The normalized spacial score (nSPS) is 27.9. The molecule has 158 valence electrons. The smallest absolute Gasteiger partial charge is 0.237 e. The number of halogens is 5. The standard InChI is InChI=1S/C21H18Cl2F3N3O/c22-11-1-2-13-15(5-11)29-18(30)21(13)14(12-3-4-27-17(23)16(12)26)6-28-20(21)7-19(8-20,9-24)10-25/h1-5,14,28H,6-10H2,(H,29,30)/t14-,21-/m1/s1. The van der Waals surface area contributed by atoms with Crippen molar-refractivity contribution in [3.8, 4) is 0 Å². The summed E-state index contributed by atoms with van der Waals surface area (Å²) in [7, 11) is 0. The number of pyridine rings is 1. The van der Waals surface area contributed by atoms with Gasteiger partial charge >= 0.3 is 0 Å². The lowest BCUT2D eigenvalue weighted by Crippen LogP contribution is -2.70. The number of benzene rings is 1. The highest BCUT2D eigenvalue weighted by Crippen LogP contribution is 2.67. The summed E-state index contributed by atoms with van der Waals surface area (Å²) in [6.45, 7) is -1.39. The van der Waals surface area contributed by atoms with Gasteiger partial charge in [-0.05, 0) is 42.2 Å². The maximum atomic E-state index is 15.0. The van der Waals surface area contributed by atoms with Gasteiger partial charge in [0.05, 0.1) is 13.3 Å². The molecule has 2 N–H and O–H groups in total. The number of alkyl halides is 2. The fourth-order valence-corrected chi connectivity index (χ4v) is 6.29. The van der Waals surface area contributed by atoms with Crippen LogP contribution in [-0.2, 0) is 10.2 Å². The van der Waals surface area contributed by atoms with Crippen molar-refractivity contribution in [2.24, 2.45) is 5.41 Å². The molecule has 0 unspecified atom stereocenters. The Labute approximate surface area is 181 Å². The van der Waals surface area contributed by atoms with Gasteiger partial charge in [-0.2, -0.15) is 0 Å². The molecule has 2 aromatic rings. The van der Waals surface area contributed by atoms with E-state index in [0.717, 1.165) is 0 Å². The number of rotatable bonds is 3. The first kappa shape index (κ1) is 20.1. The number of carbonyl (C=O) groups excluding carboxylic acids is 1. The van der Waals surface area contributed by atoms with Gasteiger partial charge in [0.1, 0.15) is 5.41 Å². The number of carbonyl (C=O) groups is 1. The zero-order chi connectivity index (χ0) is 21.3. The number of nitrogens with zero attached hydrogens (tertiary/aromatic N) is 1. The SMILES string of the molecule is O=C1Nc2cc(Cl)ccc2[C@@]12[C@@H](c1ccnc(Cl)c1F)CNC21CC(CF)(CF)C1. The quantitative estimate of drug-likeness (QED) is 0.666. The van der Waals surface area contributed by atoms with E-state index in [0.29, 0.717) is 16.3 Å². The third-order valence-electron chi connectivity index (χ3n) is 7.11. The number of aromatic nitrogens is 1. The van der Waals surface area contributed by atoms with Crippen molar-refractivity contribution in [3.05, 3.63) is 57.6 Å². The van der Waals surface area contributed by atoms with Gasteiger partial charge in [-0.15, -0.1) is 0 Å². The van der Waals surface area contributed by atoms with Crippen LogP contribution in [0, 0.1) is 11.2 Å². The minimum absolute atomic E-state index is 0.124. The summed E-state index contributed by atoms with van der Waals surface area (Å²) in [4.78, 5) is 17.4. The first-order valence-electron chi connectivity index (χ1n) is 9.61. The molecular weight excluding hydrogens is 438 g/mol. The molecule has 1 aromatic heterocycles. The maximum Gasteiger partial charge on any atom is 0.237 e. The molecule has 2 aliphatic heterocycles. The number of anilines is 1. The van der Waals surface area contributed by atoms with Crippen LogP contribution in [0.2, 0.25) is 10.2 Å². The lowest BCUT2D eigenvalue weighted by Gasteiger charge is -2.59. The van der Waals surface area contributed by atoms with Gasteiger partial charge < -0.3 is 10.6 Å². The predicted octanol–water partition coefficient (Wildman–Crippen LogP) is 4.56. The Kier molecular flexibility index (Phi) is 4.41. The van der Waals surface area contributed by atoms with Crippen LogP contribution in [0.3, 0.4) is 0 Å². The summed E-state index contributed by atoms with van der Waals surface area (Å²) in [5.74, 6) is -1.68. The van der Waals surface area contributed by atoms with Gasteiger partial charge in [-0.25, -0.2) is 9.37 Å². The zero-order valence-corrected chi connectivity index (χ0v) is 17.3. The van der Waals surface area contributed by atoms with Gasteiger partial charge in [0, 0.05) is 40.3 Å². The second kappa shape index (κ2) is 6.58. The molecule has 1 aliphatic carbocycles. The molecule has 2 fully saturated rings. The Bertz CT molecular complexity index is 1050. The Hall–Kier alpha value is -1.83. The summed E-state index contributed by atoms with van der Waals surface area (Å²) in [5.41, 5.74) is -1.90. The molecule has 1 saturated carbocycles. The Morgan fingerprint density at radius 2 is 1.90 bits per heavy atom. The summed E-state index contributed by atoms with van der Waals surface area (Å²) >= 11 is 12.1. The third kappa shape index (κ3) is 2.34. The summed E-state index contributed by atoms with van der Waals surface area (Å²) in [6.07, 6.45) is 1.64. The van der Waals surface area contributed by atoms with E-state index in [1.165, 1.54) is 12.3 Å². The molecule has 0 bridgehead atoms. The van der Waals surface area contributed by atoms with Crippen LogP contribution < -0.4 is 10.6 Å². The highest BCUT2D eigenvalue weighted by molar-refractivity contribution is 6.31. The highest BCUT2D eigenvalue weighted by Gasteiger charge is 2.75.